The number of hydrogen-bond donors (Lipinski definition) is 3. The third kappa shape index (κ3) is 4.49. The molecule has 2 fully saturated rings. The van der Waals surface area contributed by atoms with Crippen molar-refractivity contribution in [3.63, 3.8) is 0 Å². The van der Waals surface area contributed by atoms with Gasteiger partial charge in [0.15, 0.2) is 0 Å². The van der Waals surface area contributed by atoms with Crippen LogP contribution in [0.1, 0.15) is 56.0 Å². The number of anilines is 3. The number of pyridine rings is 1. The van der Waals surface area contributed by atoms with Gasteiger partial charge in [-0.1, -0.05) is 12.2 Å². The van der Waals surface area contributed by atoms with Gasteiger partial charge >= 0.3 is 0 Å². The molecule has 0 aromatic carbocycles. The van der Waals surface area contributed by atoms with Crippen molar-refractivity contribution in [3.05, 3.63) is 60.2 Å². The van der Waals surface area contributed by atoms with Crippen LogP contribution in [0.15, 0.2) is 48.6 Å². The van der Waals surface area contributed by atoms with Crippen molar-refractivity contribution in [2.45, 2.75) is 50.5 Å². The molecule has 1 aliphatic carbocycles. The summed E-state index contributed by atoms with van der Waals surface area (Å²) in [5.41, 5.74) is 15.2. The van der Waals surface area contributed by atoms with Crippen molar-refractivity contribution in [1.82, 2.24) is 24.3 Å². The van der Waals surface area contributed by atoms with Crippen LogP contribution in [0.2, 0.25) is 0 Å². The van der Waals surface area contributed by atoms with E-state index in [1.54, 1.807) is 31.6 Å². The predicted molar refractivity (Wildman–Crippen MR) is 147 cm³/mol. The number of carbonyl (C=O) groups is 1. The predicted octanol–water partition coefficient (Wildman–Crippen LogP) is 3.59. The molecule has 198 valence electrons. The highest BCUT2D eigenvalue weighted by Crippen LogP contribution is 2.39. The van der Waals surface area contributed by atoms with Crippen molar-refractivity contribution in [2.24, 2.45) is 5.92 Å². The zero-order valence-electron chi connectivity index (χ0n) is 21.6. The van der Waals surface area contributed by atoms with Crippen LogP contribution in [0.5, 0.6) is 0 Å². The number of allylic oxidation sites excluding steroid dienone is 4. The Bertz CT molecular complexity index is 1430. The lowest BCUT2D eigenvalue weighted by molar-refractivity contribution is -0.120. The van der Waals surface area contributed by atoms with E-state index in [1.165, 1.54) is 19.3 Å². The molecular formula is C28H34N8O2. The van der Waals surface area contributed by atoms with E-state index in [0.29, 0.717) is 47.9 Å². The first-order chi connectivity index (χ1) is 18.5. The van der Waals surface area contributed by atoms with Crippen LogP contribution in [0.25, 0.3) is 11.1 Å². The summed E-state index contributed by atoms with van der Waals surface area (Å²) in [6, 6.07) is 4.04. The molecule has 6 rings (SSSR count). The molecule has 1 amide bonds. The molecule has 5 heterocycles. The Morgan fingerprint density at radius 1 is 1.18 bits per heavy atom. The van der Waals surface area contributed by atoms with E-state index in [9.17, 15) is 4.79 Å². The molecule has 3 unspecified atom stereocenters. The third-order valence-corrected chi connectivity index (χ3v) is 8.12. The Morgan fingerprint density at radius 3 is 2.92 bits per heavy atom. The minimum absolute atomic E-state index is 0.137. The van der Waals surface area contributed by atoms with Gasteiger partial charge in [0.1, 0.15) is 34.4 Å². The summed E-state index contributed by atoms with van der Waals surface area (Å²) in [5, 5.41) is 2.89. The summed E-state index contributed by atoms with van der Waals surface area (Å²) in [5.74, 6) is 2.41. The van der Waals surface area contributed by atoms with Crippen LogP contribution in [0.3, 0.4) is 0 Å². The lowest BCUT2D eigenvalue weighted by Gasteiger charge is -2.34. The van der Waals surface area contributed by atoms with E-state index >= 15 is 0 Å². The van der Waals surface area contributed by atoms with Gasteiger partial charge in [0.25, 0.3) is 0 Å². The van der Waals surface area contributed by atoms with Gasteiger partial charge in [0.2, 0.25) is 5.91 Å². The van der Waals surface area contributed by atoms with Gasteiger partial charge in [-0.15, -0.1) is 0 Å². The van der Waals surface area contributed by atoms with Crippen molar-refractivity contribution in [3.8, 4) is 0 Å². The number of aromatic nitrogens is 4. The first-order valence-corrected chi connectivity index (χ1v) is 13.3. The number of carbonyl (C=O) groups excluding carboxylic acids is 1. The maximum absolute atomic E-state index is 13.1. The van der Waals surface area contributed by atoms with E-state index in [-0.39, 0.29) is 11.8 Å². The first kappa shape index (κ1) is 24.4. The van der Waals surface area contributed by atoms with Gasteiger partial charge in [-0.05, 0) is 44.7 Å². The monoisotopic (exact) mass is 514 g/mol. The lowest BCUT2D eigenvalue weighted by Crippen LogP contribution is -2.38. The standard InChI is InChI=1S/C28H34N8O2/c1-38-22-14-17(28(37)33-23-15-19(29)9-10-31-23)4-2-6-21(22)24-25-26(30)32-11-13-36(25)27(34-24)18-7-8-20-5-3-12-35(20)16-18/h2,6,9-11,13,15,17-18,20H,3-5,7-8,12,14,16H2,1H3,(H2,30,32)(H3,29,31,33,37). The number of methoxy groups -OCH3 is 1. The molecule has 3 aromatic heterocycles. The molecule has 10 heteroatoms. The first-order valence-electron chi connectivity index (χ1n) is 13.3. The van der Waals surface area contributed by atoms with Crippen molar-refractivity contribution in [2.75, 3.05) is 37.0 Å². The molecule has 0 saturated carbocycles. The summed E-state index contributed by atoms with van der Waals surface area (Å²) in [7, 11) is 1.64. The van der Waals surface area contributed by atoms with Crippen LogP contribution in [0.4, 0.5) is 17.3 Å². The normalized spacial score (nSPS) is 23.9. The molecular weight excluding hydrogens is 480 g/mol. The fourth-order valence-corrected chi connectivity index (χ4v) is 6.21. The van der Waals surface area contributed by atoms with Crippen LogP contribution >= 0.6 is 0 Å². The van der Waals surface area contributed by atoms with E-state index < -0.39 is 0 Å². The number of nitrogens with zero attached hydrogens (tertiary/aromatic N) is 5. The van der Waals surface area contributed by atoms with E-state index in [1.807, 2.05) is 18.3 Å². The molecule has 3 atom stereocenters. The maximum Gasteiger partial charge on any atom is 0.229 e. The summed E-state index contributed by atoms with van der Waals surface area (Å²) < 4.78 is 7.99. The number of ether oxygens (including phenoxy) is 1. The highest BCUT2D eigenvalue weighted by atomic mass is 16.5. The molecule has 0 bridgehead atoms. The van der Waals surface area contributed by atoms with Gasteiger partial charge < -0.3 is 21.5 Å². The number of piperidine rings is 1. The zero-order valence-corrected chi connectivity index (χ0v) is 21.6. The van der Waals surface area contributed by atoms with Crippen molar-refractivity contribution in [1.29, 1.82) is 0 Å². The van der Waals surface area contributed by atoms with Crippen LogP contribution in [0, 0.1) is 5.92 Å². The second-order valence-electron chi connectivity index (χ2n) is 10.5. The van der Waals surface area contributed by atoms with Gasteiger partial charge in [0.05, 0.1) is 7.11 Å². The minimum atomic E-state index is -0.337. The summed E-state index contributed by atoms with van der Waals surface area (Å²) in [6.07, 6.45) is 15.1. The van der Waals surface area contributed by atoms with Crippen LogP contribution < -0.4 is 16.8 Å². The van der Waals surface area contributed by atoms with E-state index in [2.05, 4.69) is 24.6 Å². The Hall–Kier alpha value is -3.92. The number of hydrogen-bond acceptors (Lipinski definition) is 8. The van der Waals surface area contributed by atoms with Gasteiger partial charge in [-0.25, -0.2) is 15.0 Å². The fraction of sp³-hybridized carbons (Fsp3) is 0.429. The van der Waals surface area contributed by atoms with Crippen LogP contribution in [-0.2, 0) is 9.53 Å². The molecule has 3 aromatic rings. The number of imidazole rings is 1. The van der Waals surface area contributed by atoms with E-state index in [4.69, 9.17) is 21.2 Å². The second kappa shape index (κ2) is 10.1. The quantitative estimate of drug-likeness (QED) is 0.470. The minimum Gasteiger partial charge on any atom is -0.500 e. The number of amides is 1. The lowest BCUT2D eigenvalue weighted by atomic mass is 9.92. The molecule has 10 nitrogen and oxygen atoms in total. The fourth-order valence-electron chi connectivity index (χ4n) is 6.21. The number of fused-ring (bicyclic) bond motifs is 2. The highest BCUT2D eigenvalue weighted by molar-refractivity contribution is 5.93. The largest absolute Gasteiger partial charge is 0.500 e. The second-order valence-corrected chi connectivity index (χ2v) is 10.5. The Labute approximate surface area is 221 Å². The molecule has 38 heavy (non-hydrogen) atoms. The Balaban J connectivity index is 1.34. The number of rotatable bonds is 5. The van der Waals surface area contributed by atoms with Gasteiger partial charge in [-0.2, -0.15) is 0 Å². The van der Waals surface area contributed by atoms with Gasteiger partial charge in [-0.3, -0.25) is 14.1 Å². The van der Waals surface area contributed by atoms with Crippen LogP contribution in [-0.4, -0.2) is 56.4 Å². The average Bonchev–Trinajstić information content (AvgIpc) is 3.47. The summed E-state index contributed by atoms with van der Waals surface area (Å²) in [6.45, 7) is 2.18. The molecule has 2 saturated heterocycles. The maximum atomic E-state index is 13.1. The number of nitrogens with two attached hydrogens (primary N) is 2. The molecule has 5 N–H and O–H groups in total. The molecule has 3 aliphatic rings. The molecule has 0 radical (unpaired) electrons. The zero-order chi connectivity index (χ0) is 26.2. The summed E-state index contributed by atoms with van der Waals surface area (Å²) in [4.78, 5) is 29.5. The highest BCUT2D eigenvalue weighted by Gasteiger charge is 2.35. The van der Waals surface area contributed by atoms with Crippen molar-refractivity contribution < 1.29 is 9.53 Å². The Morgan fingerprint density at radius 2 is 2.08 bits per heavy atom. The topological polar surface area (TPSA) is 137 Å². The molecule has 0 spiro atoms. The van der Waals surface area contributed by atoms with E-state index in [0.717, 1.165) is 42.1 Å². The summed E-state index contributed by atoms with van der Waals surface area (Å²) >= 11 is 0. The molecule has 2 aliphatic heterocycles. The SMILES string of the molecule is COC1=C(c2nc(C3CCC4CCCN4C3)n3ccnc(N)c23)C=CCC(C(=O)Nc2cc(N)ccn2)C1. The number of nitrogen functional groups attached to an aromatic ring is 2. The van der Waals surface area contributed by atoms with Crippen molar-refractivity contribution >= 4 is 34.3 Å². The third-order valence-electron chi connectivity index (χ3n) is 8.12. The van der Waals surface area contributed by atoms with Gasteiger partial charge in [0, 0.05) is 66.8 Å². The Kier molecular flexibility index (Phi) is 6.49. The average molecular weight is 515 g/mol. The number of nitrogens with one attached hydrogen (secondary N) is 1. The smallest absolute Gasteiger partial charge is 0.229 e.